The lowest BCUT2D eigenvalue weighted by atomic mass is 10.3. The van der Waals surface area contributed by atoms with Gasteiger partial charge in [0.05, 0.1) is 0 Å². The maximum Gasteiger partial charge on any atom is 0.574 e. The van der Waals surface area contributed by atoms with Crippen molar-refractivity contribution in [3.05, 3.63) is 21.8 Å². The molecule has 0 unspecified atom stereocenters. The van der Waals surface area contributed by atoms with Gasteiger partial charge in [0.2, 0.25) is 5.88 Å². The van der Waals surface area contributed by atoms with E-state index in [2.05, 4.69) is 9.72 Å². The number of nitrogens with zero attached hydrogens (tertiary/aromatic N) is 1. The van der Waals surface area contributed by atoms with Gasteiger partial charge in [0.25, 0.3) is 0 Å². The molecular weight excluding hydrogens is 256 g/mol. The molecule has 0 spiro atoms. The molecular formula is C7H5Cl2F3N2O. The number of aromatic nitrogens is 1. The van der Waals surface area contributed by atoms with E-state index in [9.17, 15) is 13.2 Å². The van der Waals surface area contributed by atoms with Gasteiger partial charge in [0.1, 0.15) is 10.2 Å². The molecule has 1 aromatic heterocycles. The summed E-state index contributed by atoms with van der Waals surface area (Å²) in [4.78, 5) is 3.30. The lowest BCUT2D eigenvalue weighted by molar-refractivity contribution is -0.276. The van der Waals surface area contributed by atoms with E-state index in [1.165, 1.54) is 6.07 Å². The highest BCUT2D eigenvalue weighted by atomic mass is 35.5. The van der Waals surface area contributed by atoms with Crippen LogP contribution in [0.3, 0.4) is 0 Å². The summed E-state index contributed by atoms with van der Waals surface area (Å²) >= 11 is 11.0. The third-order valence-corrected chi connectivity index (χ3v) is 2.00. The minimum absolute atomic E-state index is 0.0602. The molecule has 0 aliphatic rings. The van der Waals surface area contributed by atoms with E-state index < -0.39 is 12.2 Å². The first-order valence-electron chi connectivity index (χ1n) is 3.64. The Morgan fingerprint density at radius 3 is 2.47 bits per heavy atom. The number of alkyl halides is 3. The monoisotopic (exact) mass is 260 g/mol. The van der Waals surface area contributed by atoms with E-state index in [1.54, 1.807) is 0 Å². The summed E-state index contributed by atoms with van der Waals surface area (Å²) < 4.78 is 39.3. The Labute approximate surface area is 92.9 Å². The number of rotatable bonds is 2. The first kappa shape index (κ1) is 12.4. The molecule has 0 aromatic carbocycles. The molecule has 2 N–H and O–H groups in total. The highest BCUT2D eigenvalue weighted by Crippen LogP contribution is 2.32. The van der Waals surface area contributed by atoms with Gasteiger partial charge in [-0.1, -0.05) is 23.2 Å². The molecule has 1 rings (SSSR count). The van der Waals surface area contributed by atoms with Crippen LogP contribution in [0.4, 0.5) is 13.2 Å². The Bertz CT molecular complexity index is 370. The topological polar surface area (TPSA) is 48.1 Å². The summed E-state index contributed by atoms with van der Waals surface area (Å²) in [6, 6.07) is 1.27. The van der Waals surface area contributed by atoms with Gasteiger partial charge in [0, 0.05) is 6.54 Å². The van der Waals surface area contributed by atoms with E-state index in [4.69, 9.17) is 28.9 Å². The highest BCUT2D eigenvalue weighted by molar-refractivity contribution is 6.34. The van der Waals surface area contributed by atoms with Crippen LogP contribution in [0.15, 0.2) is 6.07 Å². The fourth-order valence-electron chi connectivity index (χ4n) is 0.849. The van der Waals surface area contributed by atoms with Crippen LogP contribution in [0.1, 0.15) is 5.56 Å². The second-order valence-electron chi connectivity index (χ2n) is 2.48. The number of pyridine rings is 1. The molecule has 0 saturated carbocycles. The second-order valence-corrected chi connectivity index (χ2v) is 3.24. The zero-order valence-electron chi connectivity index (χ0n) is 7.11. The van der Waals surface area contributed by atoms with Crippen molar-refractivity contribution in [1.82, 2.24) is 4.98 Å². The number of hydrogen-bond donors (Lipinski definition) is 1. The van der Waals surface area contributed by atoms with Crippen molar-refractivity contribution < 1.29 is 17.9 Å². The molecule has 0 bridgehead atoms. The van der Waals surface area contributed by atoms with Gasteiger partial charge < -0.3 is 10.5 Å². The van der Waals surface area contributed by atoms with Gasteiger partial charge in [-0.05, 0) is 11.6 Å². The van der Waals surface area contributed by atoms with Crippen molar-refractivity contribution in [1.29, 1.82) is 0 Å². The van der Waals surface area contributed by atoms with E-state index in [1.807, 2.05) is 0 Å². The van der Waals surface area contributed by atoms with Gasteiger partial charge in [-0.3, -0.25) is 0 Å². The molecule has 8 heteroatoms. The summed E-state index contributed by atoms with van der Waals surface area (Å²) in [7, 11) is 0. The Morgan fingerprint density at radius 2 is 2.00 bits per heavy atom. The minimum atomic E-state index is -4.87. The predicted octanol–water partition coefficient (Wildman–Crippen LogP) is 2.75. The smallest absolute Gasteiger partial charge is 0.386 e. The maximum atomic E-state index is 11.9. The third kappa shape index (κ3) is 3.40. The van der Waals surface area contributed by atoms with Gasteiger partial charge in [-0.2, -0.15) is 0 Å². The quantitative estimate of drug-likeness (QED) is 0.832. The van der Waals surface area contributed by atoms with Crippen molar-refractivity contribution in [3.63, 3.8) is 0 Å². The molecule has 0 atom stereocenters. The summed E-state index contributed by atoms with van der Waals surface area (Å²) in [5.74, 6) is -0.794. The average molecular weight is 261 g/mol. The molecule has 84 valence electrons. The molecule has 1 heterocycles. The first-order valence-corrected chi connectivity index (χ1v) is 4.40. The van der Waals surface area contributed by atoms with Crippen LogP contribution in [0, 0.1) is 0 Å². The Balaban J connectivity index is 3.12. The van der Waals surface area contributed by atoms with Gasteiger partial charge in [-0.15, -0.1) is 13.2 Å². The summed E-state index contributed by atoms with van der Waals surface area (Å²) in [5.41, 5.74) is 5.48. The normalized spacial score (nSPS) is 11.6. The molecule has 0 fully saturated rings. The van der Waals surface area contributed by atoms with Crippen LogP contribution >= 0.6 is 23.2 Å². The van der Waals surface area contributed by atoms with Crippen LogP contribution in [0.25, 0.3) is 0 Å². The molecule has 0 amide bonds. The van der Waals surface area contributed by atoms with Gasteiger partial charge in [0.15, 0.2) is 0 Å². The SMILES string of the molecule is NCc1cc(Cl)nc(OC(F)(F)F)c1Cl. The molecule has 0 aliphatic heterocycles. The largest absolute Gasteiger partial charge is 0.574 e. The summed E-state index contributed by atoms with van der Waals surface area (Å²) in [6.07, 6.45) is -4.87. The lowest BCUT2D eigenvalue weighted by Crippen LogP contribution is -2.18. The van der Waals surface area contributed by atoms with E-state index in [-0.39, 0.29) is 22.3 Å². The van der Waals surface area contributed by atoms with Crippen LogP contribution in [0.5, 0.6) is 5.88 Å². The minimum Gasteiger partial charge on any atom is -0.386 e. The first-order chi connectivity index (χ1) is 6.83. The predicted molar refractivity (Wildman–Crippen MR) is 48.8 cm³/mol. The Morgan fingerprint density at radius 1 is 1.40 bits per heavy atom. The third-order valence-electron chi connectivity index (χ3n) is 1.40. The lowest BCUT2D eigenvalue weighted by Gasteiger charge is -2.11. The molecule has 15 heavy (non-hydrogen) atoms. The second kappa shape index (κ2) is 4.42. The standard InChI is InChI=1S/C7H5Cl2F3N2O/c8-4-1-3(2-13)5(9)6(14-4)15-7(10,11)12/h1H,2,13H2. The van der Waals surface area contributed by atoms with Crippen LogP contribution in [-0.4, -0.2) is 11.3 Å². The van der Waals surface area contributed by atoms with Crippen molar-refractivity contribution in [2.24, 2.45) is 5.73 Å². The van der Waals surface area contributed by atoms with Crippen molar-refractivity contribution >= 4 is 23.2 Å². The number of ether oxygens (including phenoxy) is 1. The molecule has 0 radical (unpaired) electrons. The zero-order valence-corrected chi connectivity index (χ0v) is 8.62. The summed E-state index contributed by atoms with van der Waals surface area (Å²) in [6.45, 7) is -0.0602. The Kier molecular flexibility index (Phi) is 3.64. The zero-order chi connectivity index (χ0) is 11.6. The number of hydrogen-bond acceptors (Lipinski definition) is 3. The van der Waals surface area contributed by atoms with Crippen molar-refractivity contribution in [3.8, 4) is 5.88 Å². The van der Waals surface area contributed by atoms with E-state index in [0.29, 0.717) is 0 Å². The molecule has 3 nitrogen and oxygen atoms in total. The van der Waals surface area contributed by atoms with E-state index in [0.717, 1.165) is 0 Å². The maximum absolute atomic E-state index is 11.9. The average Bonchev–Trinajstić information content (AvgIpc) is 2.08. The molecule has 0 aliphatic carbocycles. The van der Waals surface area contributed by atoms with Crippen molar-refractivity contribution in [2.45, 2.75) is 12.9 Å². The van der Waals surface area contributed by atoms with Crippen molar-refractivity contribution in [2.75, 3.05) is 0 Å². The van der Waals surface area contributed by atoms with Gasteiger partial charge in [-0.25, -0.2) is 4.98 Å². The number of halogens is 5. The fourth-order valence-corrected chi connectivity index (χ4v) is 1.27. The van der Waals surface area contributed by atoms with Crippen LogP contribution in [-0.2, 0) is 6.54 Å². The Hall–Kier alpha value is -0.720. The summed E-state index contributed by atoms with van der Waals surface area (Å²) in [5, 5.41) is -0.460. The number of nitrogens with two attached hydrogens (primary N) is 1. The van der Waals surface area contributed by atoms with Gasteiger partial charge >= 0.3 is 6.36 Å². The molecule has 1 aromatic rings. The van der Waals surface area contributed by atoms with Crippen LogP contribution in [0.2, 0.25) is 10.2 Å². The highest BCUT2D eigenvalue weighted by Gasteiger charge is 2.33. The fraction of sp³-hybridized carbons (Fsp3) is 0.286. The molecule has 0 saturated heterocycles. The van der Waals surface area contributed by atoms with Crippen LogP contribution < -0.4 is 10.5 Å². The van der Waals surface area contributed by atoms with E-state index >= 15 is 0 Å².